The van der Waals surface area contributed by atoms with Gasteiger partial charge in [-0.2, -0.15) is 0 Å². The first kappa shape index (κ1) is 16.7. The topological polar surface area (TPSA) is 52.5 Å². The zero-order chi connectivity index (χ0) is 16.1. The Morgan fingerprint density at radius 2 is 1.91 bits per heavy atom. The molecule has 1 aliphatic carbocycles. The van der Waals surface area contributed by atoms with Crippen LogP contribution in [0, 0.1) is 0 Å². The van der Waals surface area contributed by atoms with E-state index in [2.05, 4.69) is 32.9 Å². The molecule has 1 saturated heterocycles. The Balaban J connectivity index is 1.46. The van der Waals surface area contributed by atoms with Crippen LogP contribution < -0.4 is 4.90 Å². The summed E-state index contributed by atoms with van der Waals surface area (Å²) < 4.78 is 0. The Hall–Kier alpha value is -1.20. The summed E-state index contributed by atoms with van der Waals surface area (Å²) in [5.41, 5.74) is 1.08. The van der Waals surface area contributed by atoms with Crippen molar-refractivity contribution in [3.63, 3.8) is 0 Å². The van der Waals surface area contributed by atoms with Gasteiger partial charge in [-0.3, -0.25) is 0 Å². The largest absolute Gasteiger partial charge is 0.393 e. The van der Waals surface area contributed by atoms with Gasteiger partial charge >= 0.3 is 0 Å². The maximum absolute atomic E-state index is 9.46. The van der Waals surface area contributed by atoms with Crippen LogP contribution in [0.15, 0.2) is 12.4 Å². The van der Waals surface area contributed by atoms with Gasteiger partial charge in [-0.25, -0.2) is 9.97 Å². The average Bonchev–Trinajstić information content (AvgIpc) is 2.81. The normalized spacial score (nSPS) is 25.7. The van der Waals surface area contributed by atoms with Crippen molar-refractivity contribution in [3.05, 3.63) is 18.1 Å². The van der Waals surface area contributed by atoms with E-state index >= 15 is 0 Å². The molecule has 5 nitrogen and oxygen atoms in total. The molecule has 1 aromatic rings. The van der Waals surface area contributed by atoms with E-state index in [9.17, 15) is 5.11 Å². The van der Waals surface area contributed by atoms with Gasteiger partial charge in [0.2, 0.25) is 0 Å². The Bertz CT molecular complexity index is 482. The molecule has 1 aliphatic heterocycles. The second-order valence-electron chi connectivity index (χ2n) is 7.15. The highest BCUT2D eigenvalue weighted by Crippen LogP contribution is 2.36. The first-order valence-corrected chi connectivity index (χ1v) is 9.16. The molecule has 0 radical (unpaired) electrons. The molecule has 1 saturated carbocycles. The first-order chi connectivity index (χ1) is 11.2. The van der Waals surface area contributed by atoms with Gasteiger partial charge in [0.15, 0.2) is 0 Å². The average molecular weight is 318 g/mol. The van der Waals surface area contributed by atoms with Crippen molar-refractivity contribution in [2.24, 2.45) is 0 Å². The summed E-state index contributed by atoms with van der Waals surface area (Å²) in [6.07, 6.45) is 9.91. The van der Waals surface area contributed by atoms with Crippen molar-refractivity contribution in [3.8, 4) is 0 Å². The highest BCUT2D eigenvalue weighted by Gasteiger charge is 2.29. The molecule has 23 heavy (non-hydrogen) atoms. The van der Waals surface area contributed by atoms with Gasteiger partial charge in [0.25, 0.3) is 0 Å². The fraction of sp³-hybridized carbons (Fsp3) is 0.778. The number of hydrogen-bond acceptors (Lipinski definition) is 5. The molecule has 0 unspecified atom stereocenters. The van der Waals surface area contributed by atoms with Crippen LogP contribution in [0.2, 0.25) is 0 Å². The Morgan fingerprint density at radius 3 is 2.61 bits per heavy atom. The molecular formula is C18H30N4O. The highest BCUT2D eigenvalue weighted by molar-refractivity contribution is 5.39. The fourth-order valence-electron chi connectivity index (χ4n) is 3.63. The fourth-order valence-corrected chi connectivity index (χ4v) is 3.63. The molecule has 0 atom stereocenters. The molecule has 1 N–H and O–H groups in total. The number of hydrogen-bond donors (Lipinski definition) is 1. The van der Waals surface area contributed by atoms with Gasteiger partial charge in [0, 0.05) is 31.3 Å². The van der Waals surface area contributed by atoms with Gasteiger partial charge in [0.1, 0.15) is 12.1 Å². The lowest BCUT2D eigenvalue weighted by atomic mass is 9.80. The molecular weight excluding hydrogens is 288 g/mol. The molecule has 2 fully saturated rings. The number of rotatable bonds is 6. The van der Waals surface area contributed by atoms with Gasteiger partial charge in [-0.1, -0.05) is 12.8 Å². The minimum absolute atomic E-state index is 0.134. The number of aliphatic hydroxyl groups excluding tert-OH is 1. The number of aromatic nitrogens is 2. The monoisotopic (exact) mass is 318 g/mol. The van der Waals surface area contributed by atoms with Crippen LogP contribution in [0.1, 0.15) is 56.6 Å². The third kappa shape index (κ3) is 4.64. The molecule has 0 bridgehead atoms. The second-order valence-corrected chi connectivity index (χ2v) is 7.15. The molecule has 2 heterocycles. The first-order valence-electron chi connectivity index (χ1n) is 9.16. The number of likely N-dealkylation sites (tertiary alicyclic amines) is 1. The second kappa shape index (κ2) is 8.06. The summed E-state index contributed by atoms with van der Waals surface area (Å²) in [6, 6.07) is 2.10. The third-order valence-corrected chi connectivity index (χ3v) is 5.26. The van der Waals surface area contributed by atoms with Crippen LogP contribution in [-0.4, -0.2) is 59.3 Å². The minimum atomic E-state index is -0.134. The Morgan fingerprint density at radius 1 is 1.17 bits per heavy atom. The van der Waals surface area contributed by atoms with E-state index in [-0.39, 0.29) is 6.10 Å². The van der Waals surface area contributed by atoms with Crippen LogP contribution >= 0.6 is 0 Å². The molecule has 1 aromatic heterocycles. The summed E-state index contributed by atoms with van der Waals surface area (Å²) in [5.74, 6) is 1.42. The van der Waals surface area contributed by atoms with Crippen LogP contribution in [0.25, 0.3) is 0 Å². The van der Waals surface area contributed by atoms with Crippen molar-refractivity contribution in [1.82, 2.24) is 14.9 Å². The number of nitrogens with zero attached hydrogens (tertiary/aromatic N) is 4. The molecule has 0 amide bonds. The number of aliphatic hydroxyl groups is 1. The summed E-state index contributed by atoms with van der Waals surface area (Å²) in [6.45, 7) is 4.76. The van der Waals surface area contributed by atoms with Crippen LogP contribution in [0.5, 0.6) is 0 Å². The Kier molecular flexibility index (Phi) is 5.84. The number of anilines is 1. The molecule has 5 heteroatoms. The van der Waals surface area contributed by atoms with Crippen molar-refractivity contribution in [1.29, 1.82) is 0 Å². The van der Waals surface area contributed by atoms with Crippen molar-refractivity contribution in [2.75, 3.05) is 38.1 Å². The van der Waals surface area contributed by atoms with Gasteiger partial charge < -0.3 is 14.9 Å². The van der Waals surface area contributed by atoms with Crippen molar-refractivity contribution >= 4 is 5.82 Å². The summed E-state index contributed by atoms with van der Waals surface area (Å²) >= 11 is 0. The van der Waals surface area contributed by atoms with Gasteiger partial charge in [-0.05, 0) is 51.7 Å². The van der Waals surface area contributed by atoms with E-state index in [0.717, 1.165) is 30.9 Å². The molecule has 0 aromatic carbocycles. The molecule has 2 aliphatic rings. The van der Waals surface area contributed by atoms with Crippen LogP contribution in [-0.2, 0) is 0 Å². The highest BCUT2D eigenvalue weighted by atomic mass is 16.3. The summed E-state index contributed by atoms with van der Waals surface area (Å²) in [4.78, 5) is 13.7. The lowest BCUT2D eigenvalue weighted by Crippen LogP contribution is -2.30. The molecule has 3 rings (SSSR count). The van der Waals surface area contributed by atoms with E-state index in [4.69, 9.17) is 0 Å². The minimum Gasteiger partial charge on any atom is -0.393 e. The predicted octanol–water partition coefficient (Wildman–Crippen LogP) is 2.42. The third-order valence-electron chi connectivity index (χ3n) is 5.26. The van der Waals surface area contributed by atoms with E-state index in [1.807, 2.05) is 0 Å². The Labute approximate surface area is 139 Å². The molecule has 0 spiro atoms. The SMILES string of the molecule is CN(CCCN1CCCCCC1)c1cc(C2CC(O)C2)ncn1. The zero-order valence-electron chi connectivity index (χ0n) is 14.3. The van der Waals surface area contributed by atoms with E-state index in [1.165, 1.54) is 51.7 Å². The van der Waals surface area contributed by atoms with Crippen molar-refractivity contribution < 1.29 is 5.11 Å². The van der Waals surface area contributed by atoms with E-state index in [1.54, 1.807) is 6.33 Å². The lowest BCUT2D eigenvalue weighted by Gasteiger charge is -2.31. The smallest absolute Gasteiger partial charge is 0.131 e. The van der Waals surface area contributed by atoms with Gasteiger partial charge in [-0.15, -0.1) is 0 Å². The van der Waals surface area contributed by atoms with Crippen LogP contribution in [0.4, 0.5) is 5.82 Å². The lowest BCUT2D eigenvalue weighted by molar-refractivity contribution is 0.0732. The van der Waals surface area contributed by atoms with Gasteiger partial charge in [0.05, 0.1) is 6.10 Å². The van der Waals surface area contributed by atoms with E-state index in [0.29, 0.717) is 5.92 Å². The van der Waals surface area contributed by atoms with E-state index < -0.39 is 0 Å². The quantitative estimate of drug-likeness (QED) is 0.873. The van der Waals surface area contributed by atoms with Crippen molar-refractivity contribution in [2.45, 2.75) is 57.0 Å². The standard InChI is InChI=1S/C18H30N4O/c1-21(7-6-10-22-8-4-2-3-5-9-22)18-13-17(19-14-20-18)15-11-16(23)12-15/h13-16,23H,2-12H2,1H3. The molecule has 128 valence electrons. The summed E-state index contributed by atoms with van der Waals surface area (Å²) in [5, 5.41) is 9.46. The summed E-state index contributed by atoms with van der Waals surface area (Å²) in [7, 11) is 2.12. The maximum atomic E-state index is 9.46. The predicted molar refractivity (Wildman–Crippen MR) is 92.8 cm³/mol. The maximum Gasteiger partial charge on any atom is 0.131 e. The zero-order valence-corrected chi connectivity index (χ0v) is 14.3. The van der Waals surface area contributed by atoms with Crippen LogP contribution in [0.3, 0.4) is 0 Å².